The maximum Gasteiger partial charge on any atom is 0.264 e. The quantitative estimate of drug-likeness (QED) is 0.402. The molecule has 0 aliphatic heterocycles. The molecule has 0 aromatic heterocycles. The summed E-state index contributed by atoms with van der Waals surface area (Å²) in [7, 11) is -4.05. The van der Waals surface area contributed by atoms with Gasteiger partial charge in [0, 0.05) is 12.6 Å². The van der Waals surface area contributed by atoms with Crippen LogP contribution in [0.4, 0.5) is 5.69 Å². The number of nitrogens with one attached hydrogen (secondary N) is 1. The van der Waals surface area contributed by atoms with Crippen LogP contribution in [0.15, 0.2) is 89.8 Å². The lowest BCUT2D eigenvalue weighted by Crippen LogP contribution is -2.53. The molecule has 0 saturated carbocycles. The van der Waals surface area contributed by atoms with Crippen molar-refractivity contribution in [1.82, 2.24) is 10.2 Å². The van der Waals surface area contributed by atoms with Gasteiger partial charge in [0.25, 0.3) is 10.0 Å². The first-order valence-corrected chi connectivity index (χ1v) is 13.9. The lowest BCUT2D eigenvalue weighted by Gasteiger charge is -2.33. The van der Waals surface area contributed by atoms with E-state index in [0.717, 1.165) is 15.4 Å². The molecule has 2 amide bonds. The number of sulfonamides is 1. The van der Waals surface area contributed by atoms with Crippen LogP contribution in [0, 0.1) is 6.92 Å². The highest BCUT2D eigenvalue weighted by atomic mass is 32.2. The van der Waals surface area contributed by atoms with Crippen LogP contribution in [-0.2, 0) is 26.2 Å². The normalized spacial score (nSPS) is 12.1. The first-order chi connectivity index (χ1) is 17.6. The molecule has 0 radical (unpaired) electrons. The number of carbonyl (C=O) groups excluding carboxylic acids is 2. The fourth-order valence-electron chi connectivity index (χ4n) is 4.03. The van der Waals surface area contributed by atoms with Crippen molar-refractivity contribution in [3.63, 3.8) is 0 Å². The fourth-order valence-corrected chi connectivity index (χ4v) is 5.47. The minimum Gasteiger partial charge on any atom is -0.352 e. The van der Waals surface area contributed by atoms with Crippen LogP contribution in [-0.4, -0.2) is 43.8 Å². The molecule has 0 bridgehead atoms. The molecule has 0 unspecified atom stereocenters. The van der Waals surface area contributed by atoms with Gasteiger partial charge in [0.15, 0.2) is 0 Å². The maximum absolute atomic E-state index is 13.9. The van der Waals surface area contributed by atoms with E-state index >= 15 is 0 Å². The van der Waals surface area contributed by atoms with Crippen molar-refractivity contribution in [2.24, 2.45) is 0 Å². The van der Waals surface area contributed by atoms with Crippen LogP contribution in [0.3, 0.4) is 0 Å². The monoisotopic (exact) mass is 521 g/mol. The smallest absolute Gasteiger partial charge is 0.264 e. The highest BCUT2D eigenvalue weighted by Crippen LogP contribution is 2.24. The van der Waals surface area contributed by atoms with E-state index in [2.05, 4.69) is 5.32 Å². The standard InChI is InChI=1S/C29H35N3O4S/c1-5-27(29(34)30-22(2)3)31(20-24-18-16-23(4)17-19-24)28(33)21-32(25-12-8-6-9-13-25)37(35,36)26-14-10-7-11-15-26/h6-19,22,27H,5,20-21H2,1-4H3,(H,30,34)/t27-/m0/s1. The Hall–Kier alpha value is -3.65. The molecule has 0 saturated heterocycles. The molecular weight excluding hydrogens is 486 g/mol. The van der Waals surface area contributed by atoms with Gasteiger partial charge < -0.3 is 10.2 Å². The Balaban J connectivity index is 2.02. The SMILES string of the molecule is CC[C@@H](C(=O)NC(C)C)N(Cc1ccc(C)cc1)C(=O)CN(c1ccccc1)S(=O)(=O)c1ccccc1. The summed E-state index contributed by atoms with van der Waals surface area (Å²) < 4.78 is 28.5. The van der Waals surface area contributed by atoms with Crippen LogP contribution in [0.25, 0.3) is 0 Å². The van der Waals surface area contributed by atoms with Gasteiger partial charge >= 0.3 is 0 Å². The molecule has 1 N–H and O–H groups in total. The van der Waals surface area contributed by atoms with Gasteiger partial charge in [0.05, 0.1) is 10.6 Å². The molecule has 3 aromatic rings. The largest absolute Gasteiger partial charge is 0.352 e. The van der Waals surface area contributed by atoms with Crippen LogP contribution < -0.4 is 9.62 Å². The van der Waals surface area contributed by atoms with E-state index < -0.39 is 28.5 Å². The van der Waals surface area contributed by atoms with Crippen LogP contribution in [0.2, 0.25) is 0 Å². The number of hydrogen-bond donors (Lipinski definition) is 1. The van der Waals surface area contributed by atoms with Gasteiger partial charge in [0.2, 0.25) is 11.8 Å². The van der Waals surface area contributed by atoms with E-state index in [9.17, 15) is 18.0 Å². The molecule has 0 aliphatic carbocycles. The zero-order valence-corrected chi connectivity index (χ0v) is 22.6. The van der Waals surface area contributed by atoms with Crippen LogP contribution >= 0.6 is 0 Å². The van der Waals surface area contributed by atoms with E-state index in [1.807, 2.05) is 52.0 Å². The highest BCUT2D eigenvalue weighted by Gasteiger charge is 2.33. The summed E-state index contributed by atoms with van der Waals surface area (Å²) in [5.74, 6) is -0.732. The number of para-hydroxylation sites is 1. The van der Waals surface area contributed by atoms with Crippen molar-refractivity contribution in [2.75, 3.05) is 10.8 Å². The molecule has 3 aromatic carbocycles. The summed E-state index contributed by atoms with van der Waals surface area (Å²) in [5, 5.41) is 2.90. The predicted molar refractivity (Wildman–Crippen MR) is 147 cm³/mol. The third-order valence-electron chi connectivity index (χ3n) is 5.94. The van der Waals surface area contributed by atoms with Crippen molar-refractivity contribution in [1.29, 1.82) is 0 Å². The fraction of sp³-hybridized carbons (Fsp3) is 0.310. The molecular formula is C29H35N3O4S. The number of nitrogens with zero attached hydrogens (tertiary/aromatic N) is 2. The number of carbonyl (C=O) groups is 2. The van der Waals surface area contributed by atoms with Gasteiger partial charge in [-0.3, -0.25) is 13.9 Å². The molecule has 3 rings (SSSR count). The lowest BCUT2D eigenvalue weighted by molar-refractivity contribution is -0.140. The number of hydrogen-bond acceptors (Lipinski definition) is 4. The average molecular weight is 522 g/mol. The number of benzene rings is 3. The van der Waals surface area contributed by atoms with Gasteiger partial charge in [-0.1, -0.05) is 73.2 Å². The van der Waals surface area contributed by atoms with Gasteiger partial charge in [-0.2, -0.15) is 0 Å². The summed E-state index contributed by atoms with van der Waals surface area (Å²) in [5.41, 5.74) is 2.30. The van der Waals surface area contributed by atoms with Crippen LogP contribution in [0.5, 0.6) is 0 Å². The second kappa shape index (κ2) is 12.5. The summed E-state index contributed by atoms with van der Waals surface area (Å²) in [6.45, 7) is 7.27. The maximum atomic E-state index is 13.9. The number of anilines is 1. The third kappa shape index (κ3) is 7.20. The van der Waals surface area contributed by atoms with E-state index in [-0.39, 0.29) is 23.4 Å². The Labute approximate surface area is 220 Å². The zero-order valence-electron chi connectivity index (χ0n) is 21.8. The number of aryl methyl sites for hydroxylation is 1. The van der Waals surface area contributed by atoms with Gasteiger partial charge in [-0.15, -0.1) is 0 Å². The second-order valence-corrected chi connectivity index (χ2v) is 11.1. The topological polar surface area (TPSA) is 86.8 Å². The average Bonchev–Trinajstić information content (AvgIpc) is 2.88. The van der Waals surface area contributed by atoms with Crippen molar-refractivity contribution in [3.05, 3.63) is 96.1 Å². The summed E-state index contributed by atoms with van der Waals surface area (Å²) in [6.07, 6.45) is 0.382. The molecule has 196 valence electrons. The molecule has 37 heavy (non-hydrogen) atoms. The molecule has 0 spiro atoms. The van der Waals surface area contributed by atoms with Gasteiger partial charge in [-0.25, -0.2) is 8.42 Å². The minimum atomic E-state index is -4.05. The van der Waals surface area contributed by atoms with Gasteiger partial charge in [-0.05, 0) is 57.0 Å². The van der Waals surface area contributed by atoms with Crippen LogP contribution in [0.1, 0.15) is 38.3 Å². The number of amides is 2. The highest BCUT2D eigenvalue weighted by molar-refractivity contribution is 7.92. The van der Waals surface area contributed by atoms with Gasteiger partial charge in [0.1, 0.15) is 12.6 Å². The van der Waals surface area contributed by atoms with Crippen molar-refractivity contribution in [2.45, 2.75) is 57.6 Å². The Morgan fingerprint density at radius 1 is 0.865 bits per heavy atom. The molecule has 8 heteroatoms. The third-order valence-corrected chi connectivity index (χ3v) is 7.73. The van der Waals surface area contributed by atoms with Crippen molar-refractivity contribution in [3.8, 4) is 0 Å². The van der Waals surface area contributed by atoms with Crippen molar-refractivity contribution >= 4 is 27.5 Å². The van der Waals surface area contributed by atoms with E-state index in [0.29, 0.717) is 12.1 Å². The molecule has 0 fully saturated rings. The Bertz CT molecular complexity index is 1280. The first kappa shape index (κ1) is 27.9. The first-order valence-electron chi connectivity index (χ1n) is 12.4. The summed E-state index contributed by atoms with van der Waals surface area (Å²) in [6, 6.07) is 23.4. The Kier molecular flexibility index (Phi) is 9.47. The Morgan fingerprint density at radius 3 is 1.97 bits per heavy atom. The Morgan fingerprint density at radius 2 is 1.43 bits per heavy atom. The predicted octanol–water partition coefficient (Wildman–Crippen LogP) is 4.52. The minimum absolute atomic E-state index is 0.0846. The molecule has 0 aliphatic rings. The second-order valence-electron chi connectivity index (χ2n) is 9.25. The van der Waals surface area contributed by atoms with E-state index in [1.54, 1.807) is 48.5 Å². The van der Waals surface area contributed by atoms with Crippen molar-refractivity contribution < 1.29 is 18.0 Å². The molecule has 1 atom stereocenters. The molecule has 0 heterocycles. The number of rotatable bonds is 11. The summed E-state index contributed by atoms with van der Waals surface area (Å²) in [4.78, 5) is 28.6. The molecule has 7 nitrogen and oxygen atoms in total. The summed E-state index contributed by atoms with van der Waals surface area (Å²) >= 11 is 0. The van der Waals surface area contributed by atoms with E-state index in [1.165, 1.54) is 17.0 Å². The zero-order chi connectivity index (χ0) is 27.0. The lowest BCUT2D eigenvalue weighted by atomic mass is 10.1. The van der Waals surface area contributed by atoms with E-state index in [4.69, 9.17) is 0 Å².